The van der Waals surface area contributed by atoms with E-state index in [-0.39, 0.29) is 5.91 Å². The zero-order valence-corrected chi connectivity index (χ0v) is 9.45. The van der Waals surface area contributed by atoms with E-state index >= 15 is 0 Å². The average molecular weight is 213 g/mol. The topological polar surface area (TPSA) is 57.6 Å². The summed E-state index contributed by atoms with van der Waals surface area (Å²) in [6.45, 7) is 4.78. The van der Waals surface area contributed by atoms with Crippen molar-refractivity contribution in [3.8, 4) is 0 Å². The lowest BCUT2D eigenvalue weighted by Crippen LogP contribution is -2.49. The van der Waals surface area contributed by atoms with E-state index in [2.05, 4.69) is 0 Å². The summed E-state index contributed by atoms with van der Waals surface area (Å²) in [5.41, 5.74) is -0.705. The van der Waals surface area contributed by atoms with Crippen LogP contribution in [0.15, 0.2) is 0 Å². The fourth-order valence-electron chi connectivity index (χ4n) is 2.18. The highest BCUT2D eigenvalue weighted by Crippen LogP contribution is 2.33. The largest absolute Gasteiger partial charge is 0.481 e. The predicted molar refractivity (Wildman–Crippen MR) is 56.5 cm³/mol. The second-order valence-corrected chi connectivity index (χ2v) is 4.21. The van der Waals surface area contributed by atoms with Gasteiger partial charge in [0.15, 0.2) is 0 Å². The molecule has 1 unspecified atom stereocenters. The number of carboxylic acids is 1. The molecule has 1 atom stereocenters. The van der Waals surface area contributed by atoms with Crippen molar-refractivity contribution in [2.45, 2.75) is 39.5 Å². The first-order chi connectivity index (χ1) is 7.05. The first-order valence-electron chi connectivity index (χ1n) is 5.57. The van der Waals surface area contributed by atoms with Crippen LogP contribution in [0.2, 0.25) is 0 Å². The summed E-state index contributed by atoms with van der Waals surface area (Å²) < 4.78 is 0. The van der Waals surface area contributed by atoms with Gasteiger partial charge >= 0.3 is 5.97 Å². The third kappa shape index (κ3) is 2.30. The molecule has 15 heavy (non-hydrogen) atoms. The molecule has 0 bridgehead atoms. The molecule has 0 aromatic carbocycles. The standard InChI is InChI=1S/C11H19NO3/c1-3-9(13)12-7-5-6-11(4-2,8-12)10(14)15/h3-8H2,1-2H3,(H,14,15). The summed E-state index contributed by atoms with van der Waals surface area (Å²) >= 11 is 0. The zero-order valence-electron chi connectivity index (χ0n) is 9.45. The summed E-state index contributed by atoms with van der Waals surface area (Å²) in [5, 5.41) is 9.22. The van der Waals surface area contributed by atoms with Gasteiger partial charge in [-0.2, -0.15) is 0 Å². The highest BCUT2D eigenvalue weighted by Gasteiger charge is 2.41. The number of amides is 1. The maximum atomic E-state index is 11.5. The van der Waals surface area contributed by atoms with Gasteiger partial charge in [0.1, 0.15) is 0 Å². The Kier molecular flexibility index (Phi) is 3.72. The number of hydrogen-bond donors (Lipinski definition) is 1. The number of aliphatic carboxylic acids is 1. The second-order valence-electron chi connectivity index (χ2n) is 4.21. The molecule has 4 nitrogen and oxygen atoms in total. The van der Waals surface area contributed by atoms with Gasteiger partial charge in [-0.25, -0.2) is 0 Å². The van der Waals surface area contributed by atoms with Gasteiger partial charge < -0.3 is 10.0 Å². The minimum Gasteiger partial charge on any atom is -0.481 e. The number of carboxylic acid groups (broad SMARTS) is 1. The van der Waals surface area contributed by atoms with Crippen molar-refractivity contribution < 1.29 is 14.7 Å². The molecular weight excluding hydrogens is 194 g/mol. The van der Waals surface area contributed by atoms with Crippen LogP contribution in [-0.4, -0.2) is 35.0 Å². The first-order valence-corrected chi connectivity index (χ1v) is 5.57. The van der Waals surface area contributed by atoms with Crippen LogP contribution < -0.4 is 0 Å². The predicted octanol–water partition coefficient (Wildman–Crippen LogP) is 1.50. The second kappa shape index (κ2) is 4.64. The molecule has 86 valence electrons. The van der Waals surface area contributed by atoms with Crippen molar-refractivity contribution in [2.24, 2.45) is 5.41 Å². The molecule has 0 saturated carbocycles. The molecule has 1 N–H and O–H groups in total. The molecule has 1 amide bonds. The quantitative estimate of drug-likeness (QED) is 0.773. The Bertz CT molecular complexity index is 265. The van der Waals surface area contributed by atoms with E-state index in [0.29, 0.717) is 32.4 Å². The highest BCUT2D eigenvalue weighted by molar-refractivity contribution is 5.79. The molecule has 1 saturated heterocycles. The van der Waals surface area contributed by atoms with E-state index in [0.717, 1.165) is 6.42 Å². The first kappa shape index (κ1) is 12.0. The molecule has 0 aromatic rings. The monoisotopic (exact) mass is 213 g/mol. The Morgan fingerprint density at radius 1 is 1.40 bits per heavy atom. The lowest BCUT2D eigenvalue weighted by molar-refractivity contribution is -0.155. The summed E-state index contributed by atoms with van der Waals surface area (Å²) in [6, 6.07) is 0. The minimum atomic E-state index is -0.765. The normalized spacial score (nSPS) is 26.4. The Labute approximate surface area is 90.3 Å². The molecule has 1 rings (SSSR count). The number of rotatable bonds is 3. The van der Waals surface area contributed by atoms with Crippen LogP contribution in [0.5, 0.6) is 0 Å². The zero-order chi connectivity index (χ0) is 11.5. The van der Waals surface area contributed by atoms with Crippen molar-refractivity contribution in [1.29, 1.82) is 0 Å². The highest BCUT2D eigenvalue weighted by atomic mass is 16.4. The summed E-state index contributed by atoms with van der Waals surface area (Å²) in [5.74, 6) is -0.702. The van der Waals surface area contributed by atoms with Crippen LogP contribution in [0.25, 0.3) is 0 Å². The smallest absolute Gasteiger partial charge is 0.311 e. The van der Waals surface area contributed by atoms with Crippen molar-refractivity contribution in [3.63, 3.8) is 0 Å². The van der Waals surface area contributed by atoms with E-state index in [1.807, 2.05) is 13.8 Å². The Hall–Kier alpha value is -1.06. The molecule has 1 fully saturated rings. The van der Waals surface area contributed by atoms with Gasteiger partial charge in [0.25, 0.3) is 0 Å². The molecule has 0 aliphatic carbocycles. The van der Waals surface area contributed by atoms with Crippen molar-refractivity contribution >= 4 is 11.9 Å². The third-order valence-electron chi connectivity index (χ3n) is 3.36. The molecule has 0 aromatic heterocycles. The number of hydrogen-bond acceptors (Lipinski definition) is 2. The number of carbonyl (C=O) groups excluding carboxylic acids is 1. The maximum absolute atomic E-state index is 11.5. The summed E-state index contributed by atoms with van der Waals surface area (Å²) in [6.07, 6.45) is 2.54. The van der Waals surface area contributed by atoms with Gasteiger partial charge in [-0.15, -0.1) is 0 Å². The fourth-order valence-corrected chi connectivity index (χ4v) is 2.18. The van der Waals surface area contributed by atoms with E-state index in [4.69, 9.17) is 0 Å². The molecule has 4 heteroatoms. The van der Waals surface area contributed by atoms with Crippen LogP contribution in [0.1, 0.15) is 39.5 Å². The van der Waals surface area contributed by atoms with Crippen LogP contribution in [0.4, 0.5) is 0 Å². The van der Waals surface area contributed by atoms with Crippen LogP contribution in [0, 0.1) is 5.41 Å². The Morgan fingerprint density at radius 3 is 2.53 bits per heavy atom. The Morgan fingerprint density at radius 2 is 2.07 bits per heavy atom. The molecule has 1 aliphatic rings. The number of nitrogens with zero attached hydrogens (tertiary/aromatic N) is 1. The molecule has 0 spiro atoms. The lowest BCUT2D eigenvalue weighted by Gasteiger charge is -2.39. The van der Waals surface area contributed by atoms with E-state index in [1.165, 1.54) is 0 Å². The maximum Gasteiger partial charge on any atom is 0.311 e. The van der Waals surface area contributed by atoms with Gasteiger partial charge in [-0.05, 0) is 19.3 Å². The lowest BCUT2D eigenvalue weighted by atomic mass is 9.77. The molecular formula is C11H19NO3. The summed E-state index contributed by atoms with van der Waals surface area (Å²) in [7, 11) is 0. The Balaban J connectivity index is 2.77. The molecule has 0 radical (unpaired) electrons. The number of carbonyl (C=O) groups is 2. The van der Waals surface area contributed by atoms with E-state index < -0.39 is 11.4 Å². The SMILES string of the molecule is CCC(=O)N1CCCC(CC)(C(=O)O)C1. The van der Waals surface area contributed by atoms with Gasteiger partial charge in [0.05, 0.1) is 5.41 Å². The average Bonchev–Trinajstić information content (AvgIpc) is 2.27. The van der Waals surface area contributed by atoms with Crippen LogP contribution in [-0.2, 0) is 9.59 Å². The van der Waals surface area contributed by atoms with Gasteiger partial charge in [0.2, 0.25) is 5.91 Å². The van der Waals surface area contributed by atoms with Crippen LogP contribution in [0.3, 0.4) is 0 Å². The van der Waals surface area contributed by atoms with Gasteiger partial charge in [-0.1, -0.05) is 13.8 Å². The summed E-state index contributed by atoms with van der Waals surface area (Å²) in [4.78, 5) is 24.4. The molecule has 1 aliphatic heterocycles. The fraction of sp³-hybridized carbons (Fsp3) is 0.818. The van der Waals surface area contributed by atoms with E-state index in [1.54, 1.807) is 4.90 Å². The van der Waals surface area contributed by atoms with Crippen molar-refractivity contribution in [1.82, 2.24) is 4.90 Å². The third-order valence-corrected chi connectivity index (χ3v) is 3.36. The van der Waals surface area contributed by atoms with E-state index in [9.17, 15) is 14.7 Å². The van der Waals surface area contributed by atoms with Crippen LogP contribution >= 0.6 is 0 Å². The van der Waals surface area contributed by atoms with Crippen molar-refractivity contribution in [2.75, 3.05) is 13.1 Å². The number of likely N-dealkylation sites (tertiary alicyclic amines) is 1. The minimum absolute atomic E-state index is 0.0637. The number of piperidine rings is 1. The van der Waals surface area contributed by atoms with Gasteiger partial charge in [-0.3, -0.25) is 9.59 Å². The van der Waals surface area contributed by atoms with Gasteiger partial charge in [0, 0.05) is 19.5 Å². The molecule has 1 heterocycles. The van der Waals surface area contributed by atoms with Crippen molar-refractivity contribution in [3.05, 3.63) is 0 Å².